The van der Waals surface area contributed by atoms with Gasteiger partial charge in [0.15, 0.2) is 0 Å². The smallest absolute Gasteiger partial charge is 0.239 e. The van der Waals surface area contributed by atoms with E-state index in [1.807, 2.05) is 7.05 Å². The van der Waals surface area contributed by atoms with Crippen LogP contribution in [0, 0.1) is 0 Å². The lowest BCUT2D eigenvalue weighted by Crippen LogP contribution is -2.58. The molecule has 88 valence electrons. The molecule has 1 N–H and O–H groups in total. The highest BCUT2D eigenvalue weighted by Gasteiger charge is 2.34. The first kappa shape index (κ1) is 12.5. The molecule has 1 amide bonds. The lowest BCUT2D eigenvalue weighted by Gasteiger charge is -2.42. The van der Waals surface area contributed by atoms with Crippen LogP contribution in [0.1, 0.15) is 26.7 Å². The number of aliphatic hydroxyl groups is 1. The fraction of sp³-hybridized carbons (Fsp3) is 0.909. The van der Waals surface area contributed by atoms with Crippen LogP contribution in [0.15, 0.2) is 0 Å². The topological polar surface area (TPSA) is 43.8 Å². The van der Waals surface area contributed by atoms with Gasteiger partial charge in [-0.1, -0.05) is 6.92 Å². The average molecular weight is 214 g/mol. The number of piperazine rings is 1. The van der Waals surface area contributed by atoms with Crippen LogP contribution in [0.3, 0.4) is 0 Å². The summed E-state index contributed by atoms with van der Waals surface area (Å²) in [7, 11) is 1.83. The second-order valence-electron chi connectivity index (χ2n) is 4.28. The molecule has 1 fully saturated rings. The Labute approximate surface area is 91.9 Å². The zero-order valence-electron chi connectivity index (χ0n) is 9.94. The van der Waals surface area contributed by atoms with Crippen LogP contribution in [0.2, 0.25) is 0 Å². The monoisotopic (exact) mass is 214 g/mol. The fourth-order valence-corrected chi connectivity index (χ4v) is 2.10. The molecule has 0 aromatic heterocycles. The average Bonchev–Trinajstić information content (AvgIpc) is 2.24. The maximum atomic E-state index is 11.9. The van der Waals surface area contributed by atoms with Gasteiger partial charge in [-0.3, -0.25) is 9.69 Å². The van der Waals surface area contributed by atoms with E-state index in [1.54, 1.807) is 4.90 Å². The number of carbonyl (C=O) groups excluding carboxylic acids is 1. The Balaban J connectivity index is 2.72. The maximum Gasteiger partial charge on any atom is 0.239 e. The predicted octanol–water partition coefficient (Wildman–Crippen LogP) is 0.310. The van der Waals surface area contributed by atoms with Gasteiger partial charge in [-0.25, -0.2) is 0 Å². The van der Waals surface area contributed by atoms with Crippen molar-refractivity contribution in [3.63, 3.8) is 0 Å². The van der Waals surface area contributed by atoms with Crippen molar-refractivity contribution in [1.29, 1.82) is 0 Å². The van der Waals surface area contributed by atoms with Crippen molar-refractivity contribution < 1.29 is 9.90 Å². The van der Waals surface area contributed by atoms with Crippen LogP contribution in [0.25, 0.3) is 0 Å². The van der Waals surface area contributed by atoms with E-state index < -0.39 is 0 Å². The number of hydrogen-bond acceptors (Lipinski definition) is 3. The molecule has 0 aromatic carbocycles. The molecule has 0 bridgehead atoms. The van der Waals surface area contributed by atoms with Crippen LogP contribution >= 0.6 is 0 Å². The Hall–Kier alpha value is -0.610. The number of amides is 1. The number of hydrogen-bond donors (Lipinski definition) is 1. The Bertz CT molecular complexity index is 221. The highest BCUT2D eigenvalue weighted by atomic mass is 16.3. The molecule has 1 aliphatic rings. The third-order valence-corrected chi connectivity index (χ3v) is 3.31. The molecule has 0 aromatic rings. The first-order valence-corrected chi connectivity index (χ1v) is 5.73. The number of rotatable bonds is 4. The zero-order valence-corrected chi connectivity index (χ0v) is 9.94. The van der Waals surface area contributed by atoms with E-state index in [4.69, 9.17) is 5.11 Å². The lowest BCUT2D eigenvalue weighted by atomic mass is 10.0. The van der Waals surface area contributed by atoms with Gasteiger partial charge in [-0.2, -0.15) is 0 Å². The van der Waals surface area contributed by atoms with Gasteiger partial charge in [0.1, 0.15) is 0 Å². The Morgan fingerprint density at radius 3 is 2.73 bits per heavy atom. The summed E-state index contributed by atoms with van der Waals surface area (Å²) in [6, 6.07) is 0.294. The van der Waals surface area contributed by atoms with Crippen molar-refractivity contribution in [2.45, 2.75) is 38.8 Å². The predicted molar refractivity (Wildman–Crippen MR) is 59.6 cm³/mol. The molecule has 4 heteroatoms. The van der Waals surface area contributed by atoms with Gasteiger partial charge in [-0.05, 0) is 19.8 Å². The molecular formula is C11H22N2O2. The van der Waals surface area contributed by atoms with Crippen LogP contribution < -0.4 is 0 Å². The van der Waals surface area contributed by atoms with Crippen molar-refractivity contribution in [1.82, 2.24) is 9.80 Å². The summed E-state index contributed by atoms with van der Waals surface area (Å²) in [5, 5.41) is 9.00. The molecule has 0 spiro atoms. The summed E-state index contributed by atoms with van der Waals surface area (Å²) >= 11 is 0. The van der Waals surface area contributed by atoms with E-state index in [0.717, 1.165) is 19.5 Å². The van der Waals surface area contributed by atoms with Crippen molar-refractivity contribution in [3.05, 3.63) is 0 Å². The Morgan fingerprint density at radius 2 is 2.20 bits per heavy atom. The highest BCUT2D eigenvalue weighted by Crippen LogP contribution is 2.17. The number of carbonyl (C=O) groups is 1. The van der Waals surface area contributed by atoms with Gasteiger partial charge >= 0.3 is 0 Å². The Morgan fingerprint density at radius 1 is 1.53 bits per heavy atom. The summed E-state index contributed by atoms with van der Waals surface area (Å²) in [5.41, 5.74) is 0. The second-order valence-corrected chi connectivity index (χ2v) is 4.28. The highest BCUT2D eigenvalue weighted by molar-refractivity contribution is 5.82. The van der Waals surface area contributed by atoms with Crippen molar-refractivity contribution in [3.8, 4) is 0 Å². The first-order chi connectivity index (χ1) is 7.11. The fourth-order valence-electron chi connectivity index (χ4n) is 2.10. The first-order valence-electron chi connectivity index (χ1n) is 5.73. The third-order valence-electron chi connectivity index (χ3n) is 3.31. The molecule has 15 heavy (non-hydrogen) atoms. The zero-order chi connectivity index (χ0) is 11.4. The van der Waals surface area contributed by atoms with Gasteiger partial charge in [0.05, 0.1) is 6.04 Å². The second kappa shape index (κ2) is 5.47. The lowest BCUT2D eigenvalue weighted by molar-refractivity contribution is -0.142. The molecule has 2 atom stereocenters. The minimum Gasteiger partial charge on any atom is -0.396 e. The molecule has 2 unspecified atom stereocenters. The van der Waals surface area contributed by atoms with Gasteiger partial charge in [0.25, 0.3) is 0 Å². The molecule has 1 aliphatic heterocycles. The van der Waals surface area contributed by atoms with E-state index in [2.05, 4.69) is 18.7 Å². The molecule has 1 heterocycles. The molecule has 1 saturated heterocycles. The van der Waals surface area contributed by atoms with Crippen LogP contribution in [0.5, 0.6) is 0 Å². The molecule has 0 aliphatic carbocycles. The maximum absolute atomic E-state index is 11.9. The van der Waals surface area contributed by atoms with Crippen molar-refractivity contribution >= 4 is 5.91 Å². The van der Waals surface area contributed by atoms with E-state index >= 15 is 0 Å². The number of nitrogens with zero attached hydrogens (tertiary/aromatic N) is 2. The van der Waals surface area contributed by atoms with Crippen LogP contribution in [-0.4, -0.2) is 59.6 Å². The molecule has 0 radical (unpaired) electrons. The quantitative estimate of drug-likeness (QED) is 0.732. The van der Waals surface area contributed by atoms with Crippen LogP contribution in [0.4, 0.5) is 0 Å². The summed E-state index contributed by atoms with van der Waals surface area (Å²) in [5.74, 6) is 0.149. The summed E-state index contributed by atoms with van der Waals surface area (Å²) in [6.45, 7) is 6.07. The number of aliphatic hydroxyl groups excluding tert-OH is 1. The van der Waals surface area contributed by atoms with Gasteiger partial charge in [0.2, 0.25) is 5.91 Å². The minimum absolute atomic E-state index is 0.0805. The van der Waals surface area contributed by atoms with E-state index in [9.17, 15) is 4.79 Å². The summed E-state index contributed by atoms with van der Waals surface area (Å²) in [6.07, 6.45) is 1.59. The molecule has 4 nitrogen and oxygen atoms in total. The van der Waals surface area contributed by atoms with E-state index in [0.29, 0.717) is 12.5 Å². The van der Waals surface area contributed by atoms with E-state index in [-0.39, 0.29) is 18.6 Å². The molecule has 1 rings (SSSR count). The van der Waals surface area contributed by atoms with Gasteiger partial charge in [-0.15, -0.1) is 0 Å². The normalized spacial score (nSPS) is 25.7. The van der Waals surface area contributed by atoms with Crippen molar-refractivity contribution in [2.24, 2.45) is 0 Å². The van der Waals surface area contributed by atoms with Crippen LogP contribution in [-0.2, 0) is 4.79 Å². The molecular weight excluding hydrogens is 192 g/mol. The largest absolute Gasteiger partial charge is 0.396 e. The third kappa shape index (κ3) is 2.69. The number of likely N-dealkylation sites (N-methyl/N-ethyl adjacent to an activating group) is 1. The minimum atomic E-state index is -0.122. The summed E-state index contributed by atoms with van der Waals surface area (Å²) < 4.78 is 0. The van der Waals surface area contributed by atoms with Gasteiger partial charge < -0.3 is 10.0 Å². The van der Waals surface area contributed by atoms with Crippen molar-refractivity contribution in [2.75, 3.05) is 26.7 Å². The summed E-state index contributed by atoms with van der Waals surface area (Å²) in [4.78, 5) is 15.9. The standard InChI is InChI=1S/C11H22N2O2/c1-4-9(2)13-7-6-12(3)11(15)10(13)5-8-14/h9-10,14H,4-8H2,1-3H3. The SMILES string of the molecule is CCC(C)N1CCN(C)C(=O)C1CCO. The van der Waals surface area contributed by atoms with E-state index in [1.165, 1.54) is 0 Å². The molecule has 0 saturated carbocycles. The van der Waals surface area contributed by atoms with Gasteiger partial charge in [0, 0.05) is 32.8 Å². The Kier molecular flexibility index (Phi) is 4.54.